The van der Waals surface area contributed by atoms with Gasteiger partial charge in [-0.15, -0.1) is 0 Å². The van der Waals surface area contributed by atoms with E-state index in [-0.39, 0.29) is 22.2 Å². The van der Waals surface area contributed by atoms with Crippen molar-refractivity contribution in [3.63, 3.8) is 0 Å². The standard InChI is InChI=1S/C28H13Br2Cl4N3O3/c29-15-9-14(25(21(30)10-15)40-28(39)19-8-6-17(32)12-23(19)34)13-35-37-26(18-7-5-16(31)11-22(18)33)36-24-4-2-1-3-20(24)27(37)38/h1-13H. The van der Waals surface area contributed by atoms with Gasteiger partial charge in [-0.2, -0.15) is 9.78 Å². The Kier molecular flexibility index (Phi) is 8.66. The number of halogens is 6. The minimum absolute atomic E-state index is 0.124. The van der Waals surface area contributed by atoms with Crippen molar-refractivity contribution in [2.45, 2.75) is 0 Å². The van der Waals surface area contributed by atoms with Gasteiger partial charge in [-0.25, -0.2) is 9.78 Å². The Morgan fingerprint density at radius 1 is 0.900 bits per heavy atom. The van der Waals surface area contributed by atoms with Crippen molar-refractivity contribution in [2.24, 2.45) is 5.10 Å². The summed E-state index contributed by atoms with van der Waals surface area (Å²) >= 11 is 31.6. The van der Waals surface area contributed by atoms with E-state index in [0.717, 1.165) is 4.68 Å². The fraction of sp³-hybridized carbons (Fsp3) is 0. The Morgan fingerprint density at radius 2 is 1.60 bits per heavy atom. The van der Waals surface area contributed by atoms with E-state index in [1.807, 2.05) is 0 Å². The minimum atomic E-state index is -0.711. The summed E-state index contributed by atoms with van der Waals surface area (Å²) < 4.78 is 7.96. The van der Waals surface area contributed by atoms with E-state index in [0.29, 0.717) is 46.0 Å². The molecule has 0 saturated carbocycles. The van der Waals surface area contributed by atoms with Crippen molar-refractivity contribution in [3.05, 3.63) is 123 Å². The second-order valence-corrected chi connectivity index (χ2v) is 11.7. The first kappa shape index (κ1) is 28.8. The summed E-state index contributed by atoms with van der Waals surface area (Å²) in [6.07, 6.45) is 1.38. The van der Waals surface area contributed by atoms with Crippen molar-refractivity contribution in [2.75, 3.05) is 0 Å². The molecule has 0 spiro atoms. The van der Waals surface area contributed by atoms with Crippen LogP contribution in [0.4, 0.5) is 0 Å². The Labute approximate surface area is 264 Å². The van der Waals surface area contributed by atoms with Gasteiger partial charge in [0.1, 0.15) is 0 Å². The van der Waals surface area contributed by atoms with Crippen LogP contribution in [0.5, 0.6) is 5.75 Å². The molecular formula is C28H13Br2Cl4N3O3. The van der Waals surface area contributed by atoms with Crippen LogP contribution < -0.4 is 10.3 Å². The van der Waals surface area contributed by atoms with Crippen LogP contribution in [0.2, 0.25) is 20.1 Å². The second-order valence-electron chi connectivity index (χ2n) is 8.26. The van der Waals surface area contributed by atoms with Gasteiger partial charge in [0, 0.05) is 25.6 Å². The van der Waals surface area contributed by atoms with E-state index < -0.39 is 11.5 Å². The van der Waals surface area contributed by atoms with Gasteiger partial charge in [-0.3, -0.25) is 4.79 Å². The number of rotatable bonds is 5. The molecule has 0 fully saturated rings. The first-order valence-corrected chi connectivity index (χ1v) is 14.4. The third-order valence-electron chi connectivity index (χ3n) is 5.62. The van der Waals surface area contributed by atoms with E-state index in [2.05, 4.69) is 41.9 Å². The van der Waals surface area contributed by atoms with Crippen molar-refractivity contribution in [1.29, 1.82) is 0 Å². The van der Waals surface area contributed by atoms with Gasteiger partial charge in [0.25, 0.3) is 5.56 Å². The van der Waals surface area contributed by atoms with Crippen molar-refractivity contribution in [1.82, 2.24) is 9.66 Å². The zero-order chi connectivity index (χ0) is 28.6. The maximum atomic E-state index is 13.6. The van der Waals surface area contributed by atoms with E-state index >= 15 is 0 Å². The molecule has 6 nitrogen and oxygen atoms in total. The lowest BCUT2D eigenvalue weighted by Crippen LogP contribution is -2.20. The van der Waals surface area contributed by atoms with Gasteiger partial charge in [-0.05, 0) is 76.6 Å². The van der Waals surface area contributed by atoms with Gasteiger partial charge in [0.2, 0.25) is 0 Å². The Bertz CT molecular complexity index is 1910. The first-order chi connectivity index (χ1) is 19.1. The highest BCUT2D eigenvalue weighted by atomic mass is 79.9. The van der Waals surface area contributed by atoms with Gasteiger partial charge in [0.15, 0.2) is 11.6 Å². The van der Waals surface area contributed by atoms with Crippen LogP contribution in [-0.2, 0) is 0 Å². The number of aromatic nitrogens is 2. The molecule has 40 heavy (non-hydrogen) atoms. The van der Waals surface area contributed by atoms with Gasteiger partial charge >= 0.3 is 5.97 Å². The van der Waals surface area contributed by atoms with Crippen LogP contribution in [0.15, 0.2) is 91.6 Å². The number of ether oxygens (including phenoxy) is 1. The highest BCUT2D eigenvalue weighted by Gasteiger charge is 2.19. The summed E-state index contributed by atoms with van der Waals surface area (Å²) in [5.74, 6) is -0.365. The lowest BCUT2D eigenvalue weighted by molar-refractivity contribution is 0.0733. The molecule has 0 aliphatic rings. The molecule has 0 N–H and O–H groups in total. The molecule has 1 heterocycles. The van der Waals surface area contributed by atoms with Crippen LogP contribution in [0.3, 0.4) is 0 Å². The molecule has 0 atom stereocenters. The maximum Gasteiger partial charge on any atom is 0.345 e. The van der Waals surface area contributed by atoms with Crippen LogP contribution >= 0.6 is 78.3 Å². The van der Waals surface area contributed by atoms with Gasteiger partial charge in [0.05, 0.1) is 37.2 Å². The van der Waals surface area contributed by atoms with Gasteiger partial charge in [-0.1, -0.05) is 74.5 Å². The fourth-order valence-electron chi connectivity index (χ4n) is 3.78. The molecule has 0 aliphatic heterocycles. The fourth-order valence-corrected chi connectivity index (χ4v) is 6.10. The predicted molar refractivity (Wildman–Crippen MR) is 168 cm³/mol. The molecule has 12 heteroatoms. The quantitative estimate of drug-likeness (QED) is 0.102. The molecule has 0 bridgehead atoms. The third kappa shape index (κ3) is 5.98. The molecule has 0 unspecified atom stereocenters. The number of carbonyl (C=O) groups excluding carboxylic acids is 1. The number of benzene rings is 4. The van der Waals surface area contributed by atoms with Crippen molar-refractivity contribution >= 4 is 101 Å². The largest absolute Gasteiger partial charge is 0.421 e. The molecule has 5 rings (SSSR count). The lowest BCUT2D eigenvalue weighted by Gasteiger charge is -2.13. The number of hydrogen-bond acceptors (Lipinski definition) is 5. The topological polar surface area (TPSA) is 73.5 Å². The summed E-state index contributed by atoms with van der Waals surface area (Å²) in [4.78, 5) is 31.2. The molecule has 0 aliphatic carbocycles. The minimum Gasteiger partial charge on any atom is -0.421 e. The monoisotopic (exact) mass is 737 g/mol. The SMILES string of the molecule is O=C(Oc1c(Br)cc(Br)cc1C=Nn1c(-c2ccc(Cl)cc2Cl)nc2ccccc2c1=O)c1ccc(Cl)cc1Cl. The second kappa shape index (κ2) is 12.0. The average Bonchev–Trinajstić information content (AvgIpc) is 2.90. The molecule has 0 saturated heterocycles. The number of esters is 1. The maximum absolute atomic E-state index is 13.6. The van der Waals surface area contributed by atoms with Crippen molar-refractivity contribution < 1.29 is 9.53 Å². The molecule has 4 aromatic carbocycles. The lowest BCUT2D eigenvalue weighted by atomic mass is 10.2. The first-order valence-electron chi connectivity index (χ1n) is 11.3. The summed E-state index contributed by atoms with van der Waals surface area (Å²) in [6, 6.07) is 19.6. The summed E-state index contributed by atoms with van der Waals surface area (Å²) in [5, 5.41) is 6.06. The number of para-hydroxylation sites is 1. The summed E-state index contributed by atoms with van der Waals surface area (Å²) in [5.41, 5.74) is 0.986. The number of nitrogens with zero attached hydrogens (tertiary/aromatic N) is 3. The Morgan fingerprint density at radius 3 is 2.33 bits per heavy atom. The van der Waals surface area contributed by atoms with E-state index in [4.69, 9.17) is 51.1 Å². The Balaban J connectivity index is 1.64. The van der Waals surface area contributed by atoms with Crippen LogP contribution in [0, 0.1) is 0 Å². The summed E-state index contributed by atoms with van der Waals surface area (Å²) in [7, 11) is 0. The number of carbonyl (C=O) groups is 1. The zero-order valence-corrected chi connectivity index (χ0v) is 26.0. The van der Waals surface area contributed by atoms with E-state index in [1.165, 1.54) is 24.4 Å². The van der Waals surface area contributed by atoms with Crippen LogP contribution in [0.25, 0.3) is 22.3 Å². The molecule has 0 radical (unpaired) electrons. The highest BCUT2D eigenvalue weighted by Crippen LogP contribution is 2.34. The van der Waals surface area contributed by atoms with E-state index in [9.17, 15) is 9.59 Å². The third-order valence-corrected chi connectivity index (χ3v) is 7.76. The highest BCUT2D eigenvalue weighted by molar-refractivity contribution is 9.11. The zero-order valence-electron chi connectivity index (χ0n) is 19.8. The Hall–Kier alpha value is -2.72. The normalized spacial score (nSPS) is 11.3. The van der Waals surface area contributed by atoms with Crippen molar-refractivity contribution in [3.8, 4) is 17.1 Å². The van der Waals surface area contributed by atoms with E-state index in [1.54, 1.807) is 54.6 Å². The smallest absolute Gasteiger partial charge is 0.345 e. The number of fused-ring (bicyclic) bond motifs is 1. The van der Waals surface area contributed by atoms with Gasteiger partial charge < -0.3 is 4.74 Å². The molecule has 5 aromatic rings. The molecule has 0 amide bonds. The molecule has 1 aromatic heterocycles. The molecule has 200 valence electrons. The predicted octanol–water partition coefficient (Wildman–Crippen LogP) is 9.30. The summed E-state index contributed by atoms with van der Waals surface area (Å²) in [6.45, 7) is 0. The van der Waals surface area contributed by atoms with Crippen LogP contribution in [0.1, 0.15) is 15.9 Å². The average molecular weight is 741 g/mol. The van der Waals surface area contributed by atoms with Crippen LogP contribution in [-0.4, -0.2) is 21.8 Å². The number of hydrogen-bond donors (Lipinski definition) is 0. The molecular weight excluding hydrogens is 728 g/mol.